The lowest BCUT2D eigenvalue weighted by Crippen LogP contribution is -2.45. The summed E-state index contributed by atoms with van der Waals surface area (Å²) in [7, 11) is 0.133. The highest BCUT2D eigenvalue weighted by molar-refractivity contribution is 7.98. The molecule has 1 unspecified atom stereocenters. The fourth-order valence-electron chi connectivity index (χ4n) is 5.08. The van der Waals surface area contributed by atoms with Crippen LogP contribution in [-0.4, -0.2) is 35.8 Å². The van der Waals surface area contributed by atoms with Crippen LogP contribution in [0.3, 0.4) is 0 Å². The second-order valence-electron chi connectivity index (χ2n) is 8.88. The molecule has 5 rings (SSSR count). The number of benzene rings is 3. The molecule has 0 bridgehead atoms. The minimum Gasteiger partial charge on any atom is -0.457 e. The standard InChI is InChI=1S/C28H31O3S/c29-27(28(23-7-2-1-3-8-23)32-18-16-30-17-19-32)22-11-13-25(14-12-22)31-26-15-10-21-6-4-5-9-24(21)20-26/h4-6,9-15,20,23,28H,1-3,7-8,16-19H2/q+1. The normalized spacial score (nSPS) is 19.0. The SMILES string of the molecule is O=C(c1ccc(Oc2ccc3ccccc3c2)cc1)C(C1CCCCC1)[S+]1CCOCC1. The Balaban J connectivity index is 1.33. The zero-order valence-corrected chi connectivity index (χ0v) is 19.3. The molecule has 1 aliphatic carbocycles. The molecule has 1 atom stereocenters. The molecule has 2 fully saturated rings. The van der Waals surface area contributed by atoms with Gasteiger partial charge in [0.1, 0.15) is 23.0 Å². The third-order valence-corrected chi connectivity index (χ3v) is 9.47. The predicted molar refractivity (Wildman–Crippen MR) is 133 cm³/mol. The first-order valence-electron chi connectivity index (χ1n) is 11.8. The van der Waals surface area contributed by atoms with Gasteiger partial charge in [0, 0.05) is 22.4 Å². The second-order valence-corrected chi connectivity index (χ2v) is 11.3. The van der Waals surface area contributed by atoms with Crippen LogP contribution in [-0.2, 0) is 15.6 Å². The maximum Gasteiger partial charge on any atom is 0.215 e. The molecule has 166 valence electrons. The molecule has 32 heavy (non-hydrogen) atoms. The number of carbonyl (C=O) groups excluding carboxylic acids is 1. The van der Waals surface area contributed by atoms with Crippen LogP contribution in [0.5, 0.6) is 11.5 Å². The number of carbonyl (C=O) groups is 1. The fraction of sp³-hybridized carbons (Fsp3) is 0.393. The lowest BCUT2D eigenvalue weighted by atomic mass is 9.84. The van der Waals surface area contributed by atoms with Gasteiger partial charge in [-0.2, -0.15) is 0 Å². The number of ether oxygens (including phenoxy) is 2. The highest BCUT2D eigenvalue weighted by Crippen LogP contribution is 2.34. The number of Topliss-reactive ketones (excluding diaryl/α,β-unsaturated/α-hetero) is 1. The Labute approximate surface area is 193 Å². The molecule has 1 saturated heterocycles. The van der Waals surface area contributed by atoms with Gasteiger partial charge in [-0.3, -0.25) is 4.79 Å². The summed E-state index contributed by atoms with van der Waals surface area (Å²) in [6, 6.07) is 22.2. The van der Waals surface area contributed by atoms with Crippen molar-refractivity contribution in [3.05, 3.63) is 72.3 Å². The van der Waals surface area contributed by atoms with E-state index < -0.39 is 0 Å². The summed E-state index contributed by atoms with van der Waals surface area (Å²) in [6.45, 7) is 1.61. The molecule has 4 heteroatoms. The summed E-state index contributed by atoms with van der Waals surface area (Å²) in [4.78, 5) is 13.7. The summed E-state index contributed by atoms with van der Waals surface area (Å²) in [5, 5.41) is 2.51. The molecule has 3 aromatic carbocycles. The van der Waals surface area contributed by atoms with Crippen LogP contribution in [0.25, 0.3) is 10.8 Å². The number of ketones is 1. The number of rotatable bonds is 6. The molecule has 2 aliphatic rings. The van der Waals surface area contributed by atoms with Gasteiger partial charge in [0.15, 0.2) is 5.25 Å². The highest BCUT2D eigenvalue weighted by atomic mass is 32.2. The molecule has 0 amide bonds. The zero-order valence-electron chi connectivity index (χ0n) is 18.5. The zero-order chi connectivity index (χ0) is 21.8. The smallest absolute Gasteiger partial charge is 0.215 e. The molecule has 3 nitrogen and oxygen atoms in total. The molecule has 3 aromatic rings. The van der Waals surface area contributed by atoms with E-state index in [2.05, 4.69) is 24.3 Å². The van der Waals surface area contributed by atoms with Crippen LogP contribution in [0.1, 0.15) is 42.5 Å². The van der Waals surface area contributed by atoms with E-state index in [0.717, 1.165) is 47.2 Å². The van der Waals surface area contributed by atoms with Crippen molar-refractivity contribution >= 4 is 27.5 Å². The van der Waals surface area contributed by atoms with E-state index in [1.807, 2.05) is 42.5 Å². The monoisotopic (exact) mass is 447 g/mol. The highest BCUT2D eigenvalue weighted by Gasteiger charge is 2.44. The molecular formula is C28H31O3S+. The Bertz CT molecular complexity index is 1030. The first-order valence-corrected chi connectivity index (χ1v) is 13.5. The Kier molecular flexibility index (Phi) is 6.80. The second kappa shape index (κ2) is 10.1. The van der Waals surface area contributed by atoms with Crippen LogP contribution in [0, 0.1) is 5.92 Å². The fourth-order valence-corrected chi connectivity index (χ4v) is 7.71. The van der Waals surface area contributed by atoms with Gasteiger partial charge >= 0.3 is 0 Å². The van der Waals surface area contributed by atoms with E-state index in [4.69, 9.17) is 9.47 Å². The molecule has 0 aromatic heterocycles. The van der Waals surface area contributed by atoms with Gasteiger partial charge in [0.05, 0.1) is 13.2 Å². The van der Waals surface area contributed by atoms with Crippen molar-refractivity contribution in [2.45, 2.75) is 37.4 Å². The van der Waals surface area contributed by atoms with Gasteiger partial charge in [0.2, 0.25) is 5.78 Å². The quantitative estimate of drug-likeness (QED) is 0.323. The van der Waals surface area contributed by atoms with Crippen LogP contribution < -0.4 is 4.74 Å². The molecular weight excluding hydrogens is 416 g/mol. The van der Waals surface area contributed by atoms with Crippen molar-refractivity contribution in [3.63, 3.8) is 0 Å². The minimum absolute atomic E-state index is 0.133. The van der Waals surface area contributed by atoms with Crippen molar-refractivity contribution in [1.29, 1.82) is 0 Å². The van der Waals surface area contributed by atoms with Gasteiger partial charge in [0.25, 0.3) is 0 Å². The number of fused-ring (bicyclic) bond motifs is 1. The molecule has 0 N–H and O–H groups in total. The number of hydrogen-bond acceptors (Lipinski definition) is 3. The summed E-state index contributed by atoms with van der Waals surface area (Å²) >= 11 is 0. The summed E-state index contributed by atoms with van der Waals surface area (Å²) < 4.78 is 11.7. The van der Waals surface area contributed by atoms with Crippen molar-refractivity contribution in [3.8, 4) is 11.5 Å². The first-order chi connectivity index (χ1) is 15.8. The minimum atomic E-state index is 0.133. The Morgan fingerprint density at radius 1 is 0.844 bits per heavy atom. The van der Waals surface area contributed by atoms with Gasteiger partial charge in [-0.15, -0.1) is 0 Å². The topological polar surface area (TPSA) is 35.5 Å². The summed E-state index contributed by atoms with van der Waals surface area (Å²) in [5.74, 6) is 4.52. The van der Waals surface area contributed by atoms with E-state index in [1.165, 1.54) is 37.5 Å². The Morgan fingerprint density at radius 3 is 2.28 bits per heavy atom. The average Bonchev–Trinajstić information content (AvgIpc) is 2.86. The maximum absolute atomic E-state index is 13.7. The molecule has 1 aliphatic heterocycles. The van der Waals surface area contributed by atoms with Crippen LogP contribution >= 0.6 is 0 Å². The van der Waals surface area contributed by atoms with Crippen molar-refractivity contribution in [1.82, 2.24) is 0 Å². The van der Waals surface area contributed by atoms with Gasteiger partial charge in [-0.05, 0) is 60.0 Å². The Morgan fingerprint density at radius 2 is 1.53 bits per heavy atom. The largest absolute Gasteiger partial charge is 0.457 e. The van der Waals surface area contributed by atoms with Crippen LogP contribution in [0.4, 0.5) is 0 Å². The van der Waals surface area contributed by atoms with Crippen LogP contribution in [0.15, 0.2) is 66.7 Å². The maximum atomic E-state index is 13.7. The third-order valence-electron chi connectivity index (χ3n) is 6.77. The van der Waals surface area contributed by atoms with E-state index in [1.54, 1.807) is 0 Å². The average molecular weight is 448 g/mol. The first kappa shape index (κ1) is 21.5. The summed E-state index contributed by atoms with van der Waals surface area (Å²) in [5.41, 5.74) is 0.824. The van der Waals surface area contributed by atoms with Gasteiger partial charge in [-0.1, -0.05) is 49.6 Å². The lowest BCUT2D eigenvalue weighted by molar-refractivity contribution is 0.0955. The number of hydrogen-bond donors (Lipinski definition) is 0. The van der Waals surface area contributed by atoms with Gasteiger partial charge in [-0.25, -0.2) is 0 Å². The van der Waals surface area contributed by atoms with E-state index in [9.17, 15) is 4.79 Å². The molecule has 1 heterocycles. The molecule has 0 radical (unpaired) electrons. The van der Waals surface area contributed by atoms with Crippen molar-refractivity contribution in [2.75, 3.05) is 24.7 Å². The summed E-state index contributed by atoms with van der Waals surface area (Å²) in [6.07, 6.45) is 6.24. The predicted octanol–water partition coefficient (Wildman–Crippen LogP) is 6.41. The third kappa shape index (κ3) is 4.87. The van der Waals surface area contributed by atoms with E-state index in [-0.39, 0.29) is 16.1 Å². The van der Waals surface area contributed by atoms with Crippen LogP contribution in [0.2, 0.25) is 0 Å². The van der Waals surface area contributed by atoms with Crippen molar-refractivity contribution < 1.29 is 14.3 Å². The Hall–Kier alpha value is -2.30. The van der Waals surface area contributed by atoms with E-state index >= 15 is 0 Å². The molecule has 0 spiro atoms. The van der Waals surface area contributed by atoms with E-state index in [0.29, 0.717) is 11.7 Å². The molecule has 1 saturated carbocycles. The van der Waals surface area contributed by atoms with Gasteiger partial charge < -0.3 is 9.47 Å². The lowest BCUT2D eigenvalue weighted by Gasteiger charge is -2.30. The van der Waals surface area contributed by atoms with Crippen molar-refractivity contribution in [2.24, 2.45) is 5.92 Å².